The average Bonchev–Trinajstić information content (AvgIpc) is 2.93. The van der Waals surface area contributed by atoms with Crippen molar-refractivity contribution in [2.24, 2.45) is 11.8 Å². The van der Waals surface area contributed by atoms with Crippen LogP contribution in [0, 0.1) is 11.8 Å². The lowest BCUT2D eigenvalue weighted by atomic mass is 9.90. The van der Waals surface area contributed by atoms with Crippen molar-refractivity contribution in [3.8, 4) is 0 Å². The lowest BCUT2D eigenvalue weighted by Crippen LogP contribution is -2.49. The summed E-state index contributed by atoms with van der Waals surface area (Å²) in [7, 11) is 1.89. The first-order valence-electron chi connectivity index (χ1n) is 7.30. The Morgan fingerprint density at radius 3 is 2.76 bits per heavy atom. The Labute approximate surface area is 105 Å². The summed E-state index contributed by atoms with van der Waals surface area (Å²) in [5, 5.41) is 3.55. The van der Waals surface area contributed by atoms with E-state index in [4.69, 9.17) is 4.74 Å². The lowest BCUT2D eigenvalue weighted by molar-refractivity contribution is -0.0171. The van der Waals surface area contributed by atoms with Crippen LogP contribution in [-0.4, -0.2) is 49.8 Å². The molecular weight excluding hydrogens is 212 g/mol. The summed E-state index contributed by atoms with van der Waals surface area (Å²) in [5.41, 5.74) is 0. The van der Waals surface area contributed by atoms with Crippen LogP contribution in [0.5, 0.6) is 0 Å². The summed E-state index contributed by atoms with van der Waals surface area (Å²) in [6.45, 7) is 6.19. The molecule has 5 unspecified atom stereocenters. The fourth-order valence-corrected chi connectivity index (χ4v) is 4.37. The van der Waals surface area contributed by atoms with Crippen molar-refractivity contribution in [1.29, 1.82) is 0 Å². The third kappa shape index (κ3) is 2.02. The first-order valence-corrected chi connectivity index (χ1v) is 7.30. The van der Waals surface area contributed by atoms with Crippen LogP contribution in [0.1, 0.15) is 32.6 Å². The van der Waals surface area contributed by atoms with Crippen LogP contribution in [0.4, 0.5) is 0 Å². The molecule has 3 fully saturated rings. The van der Waals surface area contributed by atoms with Crippen LogP contribution in [0.25, 0.3) is 0 Å². The highest BCUT2D eigenvalue weighted by molar-refractivity contribution is 5.00. The molecule has 2 saturated heterocycles. The van der Waals surface area contributed by atoms with Crippen LogP contribution in [0.2, 0.25) is 0 Å². The van der Waals surface area contributed by atoms with E-state index in [9.17, 15) is 0 Å². The molecule has 2 aliphatic heterocycles. The Kier molecular flexibility index (Phi) is 3.42. The molecule has 1 saturated carbocycles. The van der Waals surface area contributed by atoms with Crippen molar-refractivity contribution in [3.05, 3.63) is 0 Å². The van der Waals surface area contributed by atoms with E-state index >= 15 is 0 Å². The van der Waals surface area contributed by atoms with Crippen LogP contribution in [0.15, 0.2) is 0 Å². The van der Waals surface area contributed by atoms with Crippen molar-refractivity contribution in [2.75, 3.05) is 26.7 Å². The number of fused-ring (bicyclic) bond motifs is 1. The second-order valence-electron chi connectivity index (χ2n) is 6.15. The van der Waals surface area contributed by atoms with Gasteiger partial charge >= 0.3 is 0 Å². The number of hydrogen-bond donors (Lipinski definition) is 1. The summed E-state index contributed by atoms with van der Waals surface area (Å²) in [6.07, 6.45) is 5.83. The molecule has 3 rings (SSSR count). The van der Waals surface area contributed by atoms with E-state index in [0.29, 0.717) is 12.1 Å². The van der Waals surface area contributed by atoms with Crippen molar-refractivity contribution < 1.29 is 4.74 Å². The van der Waals surface area contributed by atoms with Gasteiger partial charge in [-0.3, -0.25) is 4.90 Å². The zero-order valence-electron chi connectivity index (χ0n) is 11.2. The largest absolute Gasteiger partial charge is 0.380 e. The summed E-state index contributed by atoms with van der Waals surface area (Å²) in [5.74, 6) is 1.78. The molecule has 17 heavy (non-hydrogen) atoms. The van der Waals surface area contributed by atoms with Gasteiger partial charge in [0.2, 0.25) is 0 Å². The molecule has 1 N–H and O–H groups in total. The van der Waals surface area contributed by atoms with Gasteiger partial charge in [-0.2, -0.15) is 0 Å². The van der Waals surface area contributed by atoms with Crippen LogP contribution in [0.3, 0.4) is 0 Å². The highest BCUT2D eigenvalue weighted by Crippen LogP contribution is 2.37. The topological polar surface area (TPSA) is 24.5 Å². The quantitative estimate of drug-likeness (QED) is 0.789. The predicted molar refractivity (Wildman–Crippen MR) is 69.1 cm³/mol. The first-order chi connectivity index (χ1) is 8.31. The van der Waals surface area contributed by atoms with Gasteiger partial charge in [0.15, 0.2) is 0 Å². The van der Waals surface area contributed by atoms with E-state index in [1.54, 1.807) is 0 Å². The maximum Gasteiger partial charge on any atom is 0.0726 e. The third-order valence-corrected chi connectivity index (χ3v) is 5.38. The molecule has 3 heteroatoms. The zero-order valence-corrected chi connectivity index (χ0v) is 11.2. The summed E-state index contributed by atoms with van der Waals surface area (Å²) in [6, 6.07) is 1.44. The Balaban J connectivity index is 1.71. The second kappa shape index (κ2) is 4.87. The molecular formula is C14H26N2O. The number of ether oxygens (including phenoxy) is 1. The fourth-order valence-electron chi connectivity index (χ4n) is 4.37. The van der Waals surface area contributed by atoms with E-state index in [0.717, 1.165) is 17.9 Å². The molecule has 3 nitrogen and oxygen atoms in total. The van der Waals surface area contributed by atoms with E-state index < -0.39 is 0 Å². The van der Waals surface area contributed by atoms with E-state index in [1.165, 1.54) is 45.3 Å². The monoisotopic (exact) mass is 238 g/mol. The van der Waals surface area contributed by atoms with Gasteiger partial charge in [0.25, 0.3) is 0 Å². The molecule has 0 spiro atoms. The Morgan fingerprint density at radius 1 is 1.18 bits per heavy atom. The molecule has 98 valence electrons. The highest BCUT2D eigenvalue weighted by Gasteiger charge is 2.46. The van der Waals surface area contributed by atoms with Gasteiger partial charge in [0.05, 0.1) is 6.10 Å². The SMILES string of the molecule is COC1CCCCC1N1CC2CNCC2C1C. The lowest BCUT2D eigenvalue weighted by Gasteiger charge is -2.40. The molecule has 0 bridgehead atoms. The van der Waals surface area contributed by atoms with Gasteiger partial charge in [0.1, 0.15) is 0 Å². The zero-order chi connectivity index (χ0) is 11.8. The molecule has 0 aromatic rings. The maximum absolute atomic E-state index is 5.73. The summed E-state index contributed by atoms with van der Waals surface area (Å²) >= 11 is 0. The van der Waals surface area contributed by atoms with Gasteiger partial charge in [-0.15, -0.1) is 0 Å². The van der Waals surface area contributed by atoms with Crippen molar-refractivity contribution in [2.45, 2.75) is 50.8 Å². The third-order valence-electron chi connectivity index (χ3n) is 5.38. The van der Waals surface area contributed by atoms with Gasteiger partial charge in [-0.05, 0) is 44.7 Å². The molecule has 0 radical (unpaired) electrons. The number of rotatable bonds is 2. The van der Waals surface area contributed by atoms with E-state index in [2.05, 4.69) is 17.1 Å². The second-order valence-corrected chi connectivity index (χ2v) is 6.15. The molecule has 5 atom stereocenters. The molecule has 2 heterocycles. The fraction of sp³-hybridized carbons (Fsp3) is 1.00. The Morgan fingerprint density at radius 2 is 2.00 bits per heavy atom. The van der Waals surface area contributed by atoms with E-state index in [1.807, 2.05) is 7.11 Å². The van der Waals surface area contributed by atoms with Crippen LogP contribution in [-0.2, 0) is 4.74 Å². The van der Waals surface area contributed by atoms with Crippen molar-refractivity contribution in [1.82, 2.24) is 10.2 Å². The van der Waals surface area contributed by atoms with E-state index in [-0.39, 0.29) is 0 Å². The predicted octanol–water partition coefficient (Wildman–Crippen LogP) is 1.48. The Bertz CT molecular complexity index is 271. The minimum Gasteiger partial charge on any atom is -0.380 e. The average molecular weight is 238 g/mol. The van der Waals surface area contributed by atoms with Crippen molar-refractivity contribution in [3.63, 3.8) is 0 Å². The minimum absolute atomic E-state index is 0.484. The molecule has 0 aromatic carbocycles. The van der Waals surface area contributed by atoms with Crippen LogP contribution >= 0.6 is 0 Å². The number of hydrogen-bond acceptors (Lipinski definition) is 3. The van der Waals surface area contributed by atoms with Gasteiger partial charge in [0, 0.05) is 25.7 Å². The Hall–Kier alpha value is -0.120. The van der Waals surface area contributed by atoms with Gasteiger partial charge in [-0.1, -0.05) is 12.8 Å². The smallest absolute Gasteiger partial charge is 0.0726 e. The normalized spacial score (nSPS) is 47.3. The standard InChI is InChI=1S/C14H26N2O/c1-10-12-8-15-7-11(12)9-16(10)13-5-3-4-6-14(13)17-2/h10-15H,3-9H2,1-2H3. The molecule has 0 amide bonds. The number of nitrogens with zero attached hydrogens (tertiary/aromatic N) is 1. The first kappa shape index (κ1) is 11.9. The molecule has 0 aromatic heterocycles. The summed E-state index contributed by atoms with van der Waals surface area (Å²) < 4.78 is 5.73. The van der Waals surface area contributed by atoms with Crippen LogP contribution < -0.4 is 5.32 Å². The highest BCUT2D eigenvalue weighted by atomic mass is 16.5. The van der Waals surface area contributed by atoms with Gasteiger partial charge < -0.3 is 10.1 Å². The van der Waals surface area contributed by atoms with Gasteiger partial charge in [-0.25, -0.2) is 0 Å². The molecule has 3 aliphatic rings. The number of methoxy groups -OCH3 is 1. The summed E-state index contributed by atoms with van der Waals surface area (Å²) in [4.78, 5) is 2.77. The molecule has 1 aliphatic carbocycles. The number of nitrogens with one attached hydrogen (secondary N) is 1. The number of likely N-dealkylation sites (tertiary alicyclic amines) is 1. The maximum atomic E-state index is 5.73. The van der Waals surface area contributed by atoms with Crippen molar-refractivity contribution >= 4 is 0 Å². The minimum atomic E-state index is 0.484.